The maximum Gasteiger partial charge on any atom is 0.365 e. The molecule has 0 bridgehead atoms. The molecule has 2 rings (SSSR count). The molecule has 2 aromatic rings. The Bertz CT molecular complexity index is 802. The molecule has 0 aromatic heterocycles. The molecule has 0 saturated carbocycles. The number of carbonyl (C=O) groups excluding carboxylic acids is 1. The summed E-state index contributed by atoms with van der Waals surface area (Å²) in [5.41, 5.74) is 0.275. The molecule has 0 aliphatic carbocycles. The van der Waals surface area contributed by atoms with Crippen molar-refractivity contribution in [1.29, 1.82) is 0 Å². The molecule has 1 unspecified atom stereocenters. The average molecular weight is 337 g/mol. The second kappa shape index (κ2) is 6.60. The zero-order chi connectivity index (χ0) is 17.1. The van der Waals surface area contributed by atoms with Crippen LogP contribution < -0.4 is 4.52 Å². The number of hydrogen-bond donors (Lipinski definition) is 2. The molecule has 0 saturated heterocycles. The number of hydrogen-bond acceptors (Lipinski definition) is 6. The predicted molar refractivity (Wildman–Crippen MR) is 81.2 cm³/mol. The third-order valence-corrected chi connectivity index (χ3v) is 3.42. The van der Waals surface area contributed by atoms with Gasteiger partial charge in [-0.15, -0.1) is 0 Å². The van der Waals surface area contributed by atoms with Crippen LogP contribution in [0.25, 0.3) is 0 Å². The topological polar surface area (TPSA) is 127 Å². The van der Waals surface area contributed by atoms with Gasteiger partial charge in [0.15, 0.2) is 11.5 Å². The maximum atomic E-state index is 12.4. The summed E-state index contributed by atoms with van der Waals surface area (Å²) in [4.78, 5) is 31.2. The van der Waals surface area contributed by atoms with Crippen molar-refractivity contribution in [2.24, 2.45) is 0 Å². The SMILES string of the molecule is Cc1ccc(C(=O)c2cc(O[PH](=O)O)c(O)c([N+](=O)[O-])c2)cc1. The first-order valence-corrected chi connectivity index (χ1v) is 7.59. The Morgan fingerprint density at radius 2 is 1.83 bits per heavy atom. The van der Waals surface area contributed by atoms with Gasteiger partial charge in [0.2, 0.25) is 5.75 Å². The standard InChI is InChI=1S/C14H12NO7P/c1-8-2-4-9(5-3-8)13(16)10-6-11(15(18)19)14(17)12(7-10)22-23(20)21/h2-7,17,23H,1H3,(H,20,21). The first-order chi connectivity index (χ1) is 10.8. The van der Waals surface area contributed by atoms with Crippen LogP contribution in [0, 0.1) is 17.0 Å². The van der Waals surface area contributed by atoms with Gasteiger partial charge in [-0.3, -0.25) is 14.9 Å². The van der Waals surface area contributed by atoms with E-state index in [1.807, 2.05) is 6.92 Å². The highest BCUT2D eigenvalue weighted by Gasteiger charge is 2.24. The van der Waals surface area contributed by atoms with Crippen molar-refractivity contribution in [1.82, 2.24) is 0 Å². The molecule has 0 heterocycles. The summed E-state index contributed by atoms with van der Waals surface area (Å²) < 4.78 is 15.3. The van der Waals surface area contributed by atoms with Crippen molar-refractivity contribution in [2.75, 3.05) is 0 Å². The summed E-state index contributed by atoms with van der Waals surface area (Å²) >= 11 is 0. The molecule has 0 amide bonds. The third-order valence-electron chi connectivity index (χ3n) is 3.02. The monoisotopic (exact) mass is 337 g/mol. The van der Waals surface area contributed by atoms with Gasteiger partial charge in [0.05, 0.1) is 4.92 Å². The van der Waals surface area contributed by atoms with Gasteiger partial charge >= 0.3 is 13.9 Å². The number of phenols is 1. The van der Waals surface area contributed by atoms with Crippen molar-refractivity contribution in [3.05, 3.63) is 63.2 Å². The van der Waals surface area contributed by atoms with E-state index in [1.165, 1.54) is 0 Å². The second-order valence-corrected chi connectivity index (χ2v) is 5.40. The molecular weight excluding hydrogens is 325 g/mol. The van der Waals surface area contributed by atoms with Crippen molar-refractivity contribution < 1.29 is 28.8 Å². The highest BCUT2D eigenvalue weighted by atomic mass is 31.1. The Hall–Kier alpha value is -2.70. The Morgan fingerprint density at radius 1 is 1.22 bits per heavy atom. The lowest BCUT2D eigenvalue weighted by atomic mass is 10.0. The minimum atomic E-state index is -3.51. The smallest absolute Gasteiger partial charge is 0.365 e. The Morgan fingerprint density at radius 3 is 2.35 bits per heavy atom. The van der Waals surface area contributed by atoms with E-state index in [1.54, 1.807) is 24.3 Å². The first-order valence-electron chi connectivity index (χ1n) is 6.33. The van der Waals surface area contributed by atoms with E-state index in [2.05, 4.69) is 4.52 Å². The number of carbonyl (C=O) groups is 1. The van der Waals surface area contributed by atoms with E-state index in [0.29, 0.717) is 0 Å². The number of phenolic OH excluding ortho intramolecular Hbond substituents is 1. The second-order valence-electron chi connectivity index (χ2n) is 4.66. The van der Waals surface area contributed by atoms with E-state index in [9.17, 15) is 24.6 Å². The lowest BCUT2D eigenvalue weighted by molar-refractivity contribution is -0.385. The normalized spacial score (nSPS) is 11.7. The lowest BCUT2D eigenvalue weighted by Crippen LogP contribution is -2.03. The summed E-state index contributed by atoms with van der Waals surface area (Å²) in [6.45, 7) is 1.84. The third kappa shape index (κ3) is 3.74. The van der Waals surface area contributed by atoms with Crippen molar-refractivity contribution in [3.63, 3.8) is 0 Å². The highest BCUT2D eigenvalue weighted by Crippen LogP contribution is 2.40. The maximum absolute atomic E-state index is 12.4. The molecule has 120 valence electrons. The lowest BCUT2D eigenvalue weighted by Gasteiger charge is -2.08. The van der Waals surface area contributed by atoms with Crippen molar-refractivity contribution >= 4 is 19.7 Å². The van der Waals surface area contributed by atoms with Crippen molar-refractivity contribution in [3.8, 4) is 11.5 Å². The van der Waals surface area contributed by atoms with E-state index in [-0.39, 0.29) is 11.1 Å². The molecule has 2 N–H and O–H groups in total. The molecule has 0 aliphatic rings. The average Bonchev–Trinajstić information content (AvgIpc) is 2.48. The van der Waals surface area contributed by atoms with E-state index in [0.717, 1.165) is 17.7 Å². The van der Waals surface area contributed by atoms with Crippen LogP contribution in [0.1, 0.15) is 21.5 Å². The largest absolute Gasteiger partial charge is 0.500 e. The van der Waals surface area contributed by atoms with Crippen LogP contribution in [0.5, 0.6) is 11.5 Å². The Balaban J connectivity index is 2.55. The number of rotatable bonds is 5. The molecule has 0 radical (unpaired) electrons. The summed E-state index contributed by atoms with van der Waals surface area (Å²) in [7, 11) is -3.51. The van der Waals surface area contributed by atoms with Crippen LogP contribution in [0.15, 0.2) is 36.4 Å². The molecule has 2 aromatic carbocycles. The van der Waals surface area contributed by atoms with E-state index < -0.39 is 36.1 Å². The molecule has 23 heavy (non-hydrogen) atoms. The Kier molecular flexibility index (Phi) is 4.78. The van der Waals surface area contributed by atoms with Crippen LogP contribution in [0.3, 0.4) is 0 Å². The minimum absolute atomic E-state index is 0.142. The molecule has 0 fully saturated rings. The molecule has 0 aliphatic heterocycles. The van der Waals surface area contributed by atoms with Crippen LogP contribution >= 0.6 is 8.25 Å². The van der Waals surface area contributed by atoms with E-state index in [4.69, 9.17) is 4.89 Å². The van der Waals surface area contributed by atoms with E-state index >= 15 is 0 Å². The number of nitro groups is 1. The molecular formula is C14H12NO7P. The van der Waals surface area contributed by atoms with Gasteiger partial charge in [0.1, 0.15) is 0 Å². The number of nitrogens with zero attached hydrogens (tertiary/aromatic N) is 1. The van der Waals surface area contributed by atoms with Gasteiger partial charge in [-0.05, 0) is 13.0 Å². The fourth-order valence-electron chi connectivity index (χ4n) is 1.91. The summed E-state index contributed by atoms with van der Waals surface area (Å²) in [5.74, 6) is -2.06. The van der Waals surface area contributed by atoms with Gasteiger partial charge in [0.25, 0.3) is 0 Å². The highest BCUT2D eigenvalue weighted by molar-refractivity contribution is 7.32. The molecule has 8 nitrogen and oxygen atoms in total. The zero-order valence-electron chi connectivity index (χ0n) is 11.8. The fraction of sp³-hybridized carbons (Fsp3) is 0.0714. The van der Waals surface area contributed by atoms with Gasteiger partial charge in [-0.25, -0.2) is 4.57 Å². The van der Waals surface area contributed by atoms with Gasteiger partial charge in [-0.1, -0.05) is 29.8 Å². The fourth-order valence-corrected chi connectivity index (χ4v) is 2.25. The van der Waals surface area contributed by atoms with Crippen LogP contribution in [0.2, 0.25) is 0 Å². The number of aryl methyl sites for hydroxylation is 1. The number of benzene rings is 2. The van der Waals surface area contributed by atoms with Crippen molar-refractivity contribution in [2.45, 2.75) is 6.92 Å². The number of ketones is 1. The van der Waals surface area contributed by atoms with Gasteiger partial charge in [0, 0.05) is 17.2 Å². The number of nitro benzene ring substituents is 1. The predicted octanol–water partition coefficient (Wildman–Crippen LogP) is 2.60. The van der Waals surface area contributed by atoms with Crippen LogP contribution in [-0.4, -0.2) is 20.7 Å². The molecule has 9 heteroatoms. The van der Waals surface area contributed by atoms with Gasteiger partial charge < -0.3 is 14.5 Å². The van der Waals surface area contributed by atoms with Gasteiger partial charge in [-0.2, -0.15) is 0 Å². The minimum Gasteiger partial charge on any atom is -0.500 e. The summed E-state index contributed by atoms with van der Waals surface area (Å²) in [5, 5.41) is 20.7. The summed E-state index contributed by atoms with van der Waals surface area (Å²) in [6.07, 6.45) is 0. The van der Waals surface area contributed by atoms with Crippen LogP contribution in [-0.2, 0) is 4.57 Å². The molecule has 0 spiro atoms. The zero-order valence-corrected chi connectivity index (χ0v) is 12.8. The number of aromatic hydroxyl groups is 1. The molecule has 1 atom stereocenters. The quantitative estimate of drug-likeness (QED) is 0.371. The summed E-state index contributed by atoms with van der Waals surface area (Å²) in [6, 6.07) is 8.37. The first kappa shape index (κ1) is 16.7. The van der Waals surface area contributed by atoms with Crippen LogP contribution in [0.4, 0.5) is 5.69 Å². The Labute approximate surface area is 131 Å².